The van der Waals surface area contributed by atoms with Crippen molar-refractivity contribution in [1.29, 1.82) is 0 Å². The minimum Gasteiger partial charge on any atom is -0.493 e. The molecule has 2 nitrogen and oxygen atoms in total. The predicted octanol–water partition coefficient (Wildman–Crippen LogP) is 5.60. The van der Waals surface area contributed by atoms with E-state index in [1.807, 2.05) is 25.1 Å². The van der Waals surface area contributed by atoms with Crippen LogP contribution >= 0.6 is 47.8 Å². The maximum absolute atomic E-state index is 12.7. The van der Waals surface area contributed by atoms with Gasteiger partial charge in [0, 0.05) is 19.0 Å². The summed E-state index contributed by atoms with van der Waals surface area (Å²) in [4.78, 5) is 12.7. The molecule has 0 N–H and O–H groups in total. The van der Waals surface area contributed by atoms with Gasteiger partial charge in [0.1, 0.15) is 5.75 Å². The van der Waals surface area contributed by atoms with Crippen molar-refractivity contribution >= 4 is 53.6 Å². The molecule has 0 bridgehead atoms. The van der Waals surface area contributed by atoms with Crippen LogP contribution in [0.15, 0.2) is 49.8 Å². The van der Waals surface area contributed by atoms with Crippen molar-refractivity contribution in [3.05, 3.63) is 60.9 Å². The number of hydrogen-bond donors (Lipinski definition) is 0. The van der Waals surface area contributed by atoms with E-state index < -0.39 is 0 Å². The summed E-state index contributed by atoms with van der Waals surface area (Å²) < 4.78 is 7.99. The number of hydrogen-bond acceptors (Lipinski definition) is 2. The Labute approximate surface area is 142 Å². The maximum Gasteiger partial charge on any atom is 0.197 e. The standard InChI is InChI=1S/C15H11Br3O2/c1-2-20-14-6-4-10(17)8-12(14)15(19)11-7-9(16)3-5-13(11)18/h3-8H,2H2,1H3. The third-order valence-electron chi connectivity index (χ3n) is 2.66. The van der Waals surface area contributed by atoms with Gasteiger partial charge in [0.25, 0.3) is 0 Å². The molecule has 5 heteroatoms. The Morgan fingerprint density at radius 1 is 1.00 bits per heavy atom. The summed E-state index contributed by atoms with van der Waals surface area (Å²) in [5, 5.41) is 0. The summed E-state index contributed by atoms with van der Waals surface area (Å²) in [6.45, 7) is 2.41. The molecule has 0 radical (unpaired) electrons. The number of carbonyl (C=O) groups excluding carboxylic acids is 1. The van der Waals surface area contributed by atoms with Crippen LogP contribution in [0.4, 0.5) is 0 Å². The lowest BCUT2D eigenvalue weighted by atomic mass is 10.0. The monoisotopic (exact) mass is 460 g/mol. The molecule has 0 aliphatic carbocycles. The number of ether oxygens (including phenoxy) is 1. The van der Waals surface area contributed by atoms with Crippen molar-refractivity contribution in [1.82, 2.24) is 0 Å². The highest BCUT2D eigenvalue weighted by atomic mass is 79.9. The number of benzene rings is 2. The van der Waals surface area contributed by atoms with Crippen LogP contribution in [0.25, 0.3) is 0 Å². The fourth-order valence-corrected chi connectivity index (χ4v) is 2.93. The minimum atomic E-state index is -0.0806. The lowest BCUT2D eigenvalue weighted by Crippen LogP contribution is -2.06. The molecule has 104 valence electrons. The fourth-order valence-electron chi connectivity index (χ4n) is 1.78. The van der Waals surface area contributed by atoms with E-state index in [1.165, 1.54) is 0 Å². The highest BCUT2D eigenvalue weighted by Crippen LogP contribution is 2.29. The molecule has 2 rings (SSSR count). The van der Waals surface area contributed by atoms with Gasteiger partial charge in [0.15, 0.2) is 5.78 Å². The van der Waals surface area contributed by atoms with Crippen LogP contribution in [0.2, 0.25) is 0 Å². The van der Waals surface area contributed by atoms with Gasteiger partial charge in [-0.15, -0.1) is 0 Å². The summed E-state index contributed by atoms with van der Waals surface area (Å²) >= 11 is 10.2. The van der Waals surface area contributed by atoms with Gasteiger partial charge in [-0.05, 0) is 43.3 Å². The third-order valence-corrected chi connectivity index (χ3v) is 4.34. The molecule has 20 heavy (non-hydrogen) atoms. The Morgan fingerprint density at radius 3 is 2.25 bits per heavy atom. The van der Waals surface area contributed by atoms with Crippen molar-refractivity contribution in [2.75, 3.05) is 6.61 Å². The molecule has 2 aromatic rings. The van der Waals surface area contributed by atoms with E-state index in [9.17, 15) is 4.79 Å². The third kappa shape index (κ3) is 3.51. The summed E-state index contributed by atoms with van der Waals surface area (Å²) in [6.07, 6.45) is 0. The molecule has 0 atom stereocenters. The summed E-state index contributed by atoms with van der Waals surface area (Å²) in [7, 11) is 0. The Morgan fingerprint density at radius 2 is 1.60 bits per heavy atom. The fraction of sp³-hybridized carbons (Fsp3) is 0.133. The first-order valence-corrected chi connectivity index (χ1v) is 8.33. The van der Waals surface area contributed by atoms with Crippen molar-refractivity contribution in [2.24, 2.45) is 0 Å². The van der Waals surface area contributed by atoms with Crippen LogP contribution in [0.5, 0.6) is 5.75 Å². The zero-order chi connectivity index (χ0) is 14.7. The lowest BCUT2D eigenvalue weighted by Gasteiger charge is -2.11. The van der Waals surface area contributed by atoms with E-state index in [1.54, 1.807) is 18.2 Å². The lowest BCUT2D eigenvalue weighted by molar-refractivity contribution is 0.103. The van der Waals surface area contributed by atoms with Gasteiger partial charge < -0.3 is 4.74 Å². The van der Waals surface area contributed by atoms with Gasteiger partial charge in [-0.2, -0.15) is 0 Å². The van der Waals surface area contributed by atoms with Gasteiger partial charge in [0.05, 0.1) is 12.2 Å². The number of halogens is 3. The van der Waals surface area contributed by atoms with Gasteiger partial charge >= 0.3 is 0 Å². The van der Waals surface area contributed by atoms with E-state index in [2.05, 4.69) is 47.8 Å². The average Bonchev–Trinajstić information content (AvgIpc) is 2.43. The SMILES string of the molecule is CCOc1ccc(Br)cc1C(=O)c1cc(Br)ccc1Br. The molecular formula is C15H11Br3O2. The Hall–Kier alpha value is -0.650. The second-order valence-corrected chi connectivity index (χ2v) is 6.71. The summed E-state index contributed by atoms with van der Waals surface area (Å²) in [6, 6.07) is 11.0. The highest BCUT2D eigenvalue weighted by Gasteiger charge is 2.18. The zero-order valence-corrected chi connectivity index (χ0v) is 15.4. The Bertz CT molecular complexity index is 654. The zero-order valence-electron chi connectivity index (χ0n) is 10.6. The minimum absolute atomic E-state index is 0.0806. The van der Waals surface area contributed by atoms with Gasteiger partial charge in [-0.1, -0.05) is 47.8 Å². The second-order valence-electron chi connectivity index (χ2n) is 4.03. The summed E-state index contributed by atoms with van der Waals surface area (Å²) in [5.74, 6) is 0.510. The van der Waals surface area contributed by atoms with Crippen LogP contribution < -0.4 is 4.74 Å². The van der Waals surface area contributed by atoms with Gasteiger partial charge in [-0.3, -0.25) is 4.79 Å². The highest BCUT2D eigenvalue weighted by molar-refractivity contribution is 9.11. The van der Waals surface area contributed by atoms with Crippen LogP contribution in [0.1, 0.15) is 22.8 Å². The van der Waals surface area contributed by atoms with Crippen molar-refractivity contribution in [3.63, 3.8) is 0 Å². The number of ketones is 1. The van der Waals surface area contributed by atoms with Crippen molar-refractivity contribution < 1.29 is 9.53 Å². The van der Waals surface area contributed by atoms with Crippen LogP contribution in [0, 0.1) is 0 Å². The first-order valence-electron chi connectivity index (χ1n) is 5.95. The molecule has 0 amide bonds. The molecule has 0 aromatic heterocycles. The first kappa shape index (κ1) is 15.7. The number of rotatable bonds is 4. The van der Waals surface area contributed by atoms with E-state index in [0.717, 1.165) is 13.4 Å². The molecule has 0 spiro atoms. The molecule has 0 aliphatic rings. The van der Waals surface area contributed by atoms with Gasteiger partial charge in [0.2, 0.25) is 0 Å². The second kappa shape index (κ2) is 6.87. The predicted molar refractivity (Wildman–Crippen MR) is 90.6 cm³/mol. The Balaban J connectivity index is 2.52. The first-order chi connectivity index (χ1) is 9.52. The van der Waals surface area contributed by atoms with Crippen LogP contribution in [-0.4, -0.2) is 12.4 Å². The molecule has 0 saturated carbocycles. The average molecular weight is 463 g/mol. The van der Waals surface area contributed by atoms with Crippen LogP contribution in [-0.2, 0) is 0 Å². The smallest absolute Gasteiger partial charge is 0.197 e. The molecule has 0 aliphatic heterocycles. The van der Waals surface area contributed by atoms with E-state index >= 15 is 0 Å². The summed E-state index contributed by atoms with van der Waals surface area (Å²) in [5.41, 5.74) is 1.14. The largest absolute Gasteiger partial charge is 0.493 e. The molecule has 2 aromatic carbocycles. The topological polar surface area (TPSA) is 26.3 Å². The number of carbonyl (C=O) groups is 1. The molecule has 0 saturated heterocycles. The molecule has 0 heterocycles. The maximum atomic E-state index is 12.7. The van der Waals surface area contributed by atoms with E-state index in [-0.39, 0.29) is 5.78 Å². The van der Waals surface area contributed by atoms with Crippen molar-refractivity contribution in [2.45, 2.75) is 6.92 Å². The van der Waals surface area contributed by atoms with E-state index in [4.69, 9.17) is 4.74 Å². The van der Waals surface area contributed by atoms with Gasteiger partial charge in [-0.25, -0.2) is 0 Å². The molecule has 0 fully saturated rings. The van der Waals surface area contributed by atoms with Crippen molar-refractivity contribution in [3.8, 4) is 5.75 Å². The Kier molecular flexibility index (Phi) is 5.41. The van der Waals surface area contributed by atoms with Crippen LogP contribution in [0.3, 0.4) is 0 Å². The normalized spacial score (nSPS) is 10.4. The molecule has 0 unspecified atom stereocenters. The quantitative estimate of drug-likeness (QED) is 0.552. The van der Waals surface area contributed by atoms with E-state index in [0.29, 0.717) is 23.5 Å². The molecular weight excluding hydrogens is 452 g/mol.